The molecule has 128 valence electrons. The van der Waals surface area contributed by atoms with Gasteiger partial charge >= 0.3 is 5.63 Å². The van der Waals surface area contributed by atoms with Crippen LogP contribution in [0.25, 0.3) is 11.0 Å². The Morgan fingerprint density at radius 3 is 2.80 bits per heavy atom. The molecule has 0 amide bonds. The van der Waals surface area contributed by atoms with Gasteiger partial charge in [0, 0.05) is 30.1 Å². The number of fused-ring (bicyclic) bond motifs is 3. The van der Waals surface area contributed by atoms with Crippen molar-refractivity contribution in [3.8, 4) is 5.75 Å². The first-order valence-corrected chi connectivity index (χ1v) is 8.33. The Hall–Kier alpha value is -2.66. The topological polar surface area (TPSA) is 42.7 Å². The minimum atomic E-state index is -0.357. The van der Waals surface area contributed by atoms with Gasteiger partial charge in [-0.2, -0.15) is 0 Å². The number of hydrogen-bond acceptors (Lipinski definition) is 4. The van der Waals surface area contributed by atoms with Gasteiger partial charge in [-0.25, -0.2) is 9.18 Å². The Bertz CT molecular complexity index is 996. The van der Waals surface area contributed by atoms with Crippen molar-refractivity contribution in [3.63, 3.8) is 0 Å². The van der Waals surface area contributed by atoms with Crippen LogP contribution in [0.15, 0.2) is 51.7 Å². The van der Waals surface area contributed by atoms with Crippen LogP contribution in [-0.2, 0) is 19.5 Å². The molecule has 2 aromatic carbocycles. The second-order valence-corrected chi connectivity index (χ2v) is 6.22. The lowest BCUT2D eigenvalue weighted by molar-refractivity contribution is 0.0879. The first-order chi connectivity index (χ1) is 12.2. The van der Waals surface area contributed by atoms with Crippen LogP contribution in [0.1, 0.15) is 23.6 Å². The minimum absolute atomic E-state index is 0.231. The molecule has 1 aliphatic heterocycles. The average molecular weight is 339 g/mol. The van der Waals surface area contributed by atoms with Gasteiger partial charge in [-0.15, -0.1) is 0 Å². The standard InChI is InChI=1S/C20H18FNO3/c1-2-13-9-19(23)25-20-15(13)7-8-18-16(20)11-22(12-24-18)10-14-5-3-4-6-17(14)21/h3-9H,2,10-12H2,1H3. The van der Waals surface area contributed by atoms with Crippen molar-refractivity contribution >= 4 is 11.0 Å². The third-order valence-corrected chi connectivity index (χ3v) is 4.58. The minimum Gasteiger partial charge on any atom is -0.478 e. The predicted molar refractivity (Wildman–Crippen MR) is 93.0 cm³/mol. The molecule has 4 nitrogen and oxygen atoms in total. The first-order valence-electron chi connectivity index (χ1n) is 8.33. The van der Waals surface area contributed by atoms with Gasteiger partial charge in [0.2, 0.25) is 0 Å². The SMILES string of the molecule is CCc1cc(=O)oc2c3c(ccc12)OCN(Cc1ccccc1F)C3. The Balaban J connectivity index is 1.73. The molecule has 0 aliphatic carbocycles. The maximum absolute atomic E-state index is 13.9. The molecule has 0 bridgehead atoms. The van der Waals surface area contributed by atoms with Crippen molar-refractivity contribution in [3.05, 3.63) is 75.4 Å². The van der Waals surface area contributed by atoms with Crippen LogP contribution in [0, 0.1) is 5.82 Å². The number of halogens is 1. The van der Waals surface area contributed by atoms with E-state index in [1.54, 1.807) is 12.1 Å². The molecule has 2 heterocycles. The van der Waals surface area contributed by atoms with Gasteiger partial charge in [-0.3, -0.25) is 4.90 Å². The molecule has 0 atom stereocenters. The van der Waals surface area contributed by atoms with Crippen molar-refractivity contribution in [2.75, 3.05) is 6.73 Å². The lowest BCUT2D eigenvalue weighted by Gasteiger charge is -2.29. The van der Waals surface area contributed by atoms with Gasteiger partial charge in [0.05, 0.1) is 5.56 Å². The summed E-state index contributed by atoms with van der Waals surface area (Å²) in [6.07, 6.45) is 0.751. The molecule has 1 aromatic heterocycles. The Morgan fingerprint density at radius 2 is 2.00 bits per heavy atom. The van der Waals surface area contributed by atoms with E-state index in [-0.39, 0.29) is 11.4 Å². The Kier molecular flexibility index (Phi) is 4.01. The number of aryl methyl sites for hydroxylation is 1. The summed E-state index contributed by atoms with van der Waals surface area (Å²) in [5.74, 6) is 0.486. The molecule has 0 spiro atoms. The van der Waals surface area contributed by atoms with Crippen molar-refractivity contribution in [2.45, 2.75) is 26.4 Å². The molecule has 0 N–H and O–H groups in total. The van der Waals surface area contributed by atoms with Crippen LogP contribution < -0.4 is 10.4 Å². The lowest BCUT2D eigenvalue weighted by Crippen LogP contribution is -2.32. The van der Waals surface area contributed by atoms with E-state index in [4.69, 9.17) is 9.15 Å². The van der Waals surface area contributed by atoms with E-state index < -0.39 is 0 Å². The van der Waals surface area contributed by atoms with Gasteiger partial charge in [-0.1, -0.05) is 25.1 Å². The summed E-state index contributed by atoms with van der Waals surface area (Å²) >= 11 is 0. The second kappa shape index (κ2) is 6.33. The number of nitrogens with zero attached hydrogens (tertiary/aromatic N) is 1. The Labute approximate surface area is 144 Å². The number of benzene rings is 2. The summed E-state index contributed by atoms with van der Waals surface area (Å²) in [6.45, 7) is 3.34. The fraction of sp³-hybridized carbons (Fsp3) is 0.250. The highest BCUT2D eigenvalue weighted by molar-refractivity contribution is 5.85. The van der Waals surface area contributed by atoms with Crippen molar-refractivity contribution in [1.29, 1.82) is 0 Å². The van der Waals surface area contributed by atoms with E-state index in [9.17, 15) is 9.18 Å². The van der Waals surface area contributed by atoms with Gasteiger partial charge in [0.15, 0.2) is 0 Å². The smallest absolute Gasteiger partial charge is 0.336 e. The molecular formula is C20H18FNO3. The Morgan fingerprint density at radius 1 is 1.16 bits per heavy atom. The quantitative estimate of drug-likeness (QED) is 0.680. The molecule has 3 aromatic rings. The summed E-state index contributed by atoms with van der Waals surface area (Å²) in [5, 5.41) is 0.928. The van der Waals surface area contributed by atoms with Gasteiger partial charge < -0.3 is 9.15 Å². The molecule has 0 saturated carbocycles. The number of ether oxygens (including phenoxy) is 1. The summed E-state index contributed by atoms with van der Waals surface area (Å²) in [4.78, 5) is 13.9. The van der Waals surface area contributed by atoms with Crippen molar-refractivity contribution in [1.82, 2.24) is 4.90 Å². The van der Waals surface area contributed by atoms with Crippen molar-refractivity contribution in [2.24, 2.45) is 0 Å². The van der Waals surface area contributed by atoms with E-state index in [2.05, 4.69) is 0 Å². The molecule has 25 heavy (non-hydrogen) atoms. The molecule has 0 unspecified atom stereocenters. The predicted octanol–water partition coefficient (Wildman–Crippen LogP) is 3.85. The van der Waals surface area contributed by atoms with E-state index in [0.29, 0.717) is 36.7 Å². The van der Waals surface area contributed by atoms with E-state index in [0.717, 1.165) is 22.9 Å². The second-order valence-electron chi connectivity index (χ2n) is 6.22. The van der Waals surface area contributed by atoms with Gasteiger partial charge in [-0.05, 0) is 30.2 Å². The lowest BCUT2D eigenvalue weighted by atomic mass is 10.0. The third-order valence-electron chi connectivity index (χ3n) is 4.58. The van der Waals surface area contributed by atoms with Gasteiger partial charge in [0.1, 0.15) is 23.9 Å². The van der Waals surface area contributed by atoms with Crippen LogP contribution >= 0.6 is 0 Å². The monoisotopic (exact) mass is 339 g/mol. The van der Waals surface area contributed by atoms with Crippen molar-refractivity contribution < 1.29 is 13.5 Å². The average Bonchev–Trinajstić information content (AvgIpc) is 2.63. The first kappa shape index (κ1) is 15.8. The maximum atomic E-state index is 13.9. The van der Waals surface area contributed by atoms with E-state index >= 15 is 0 Å². The number of hydrogen-bond donors (Lipinski definition) is 0. The molecule has 0 fully saturated rings. The highest BCUT2D eigenvalue weighted by Crippen LogP contribution is 2.33. The molecular weight excluding hydrogens is 321 g/mol. The van der Waals surface area contributed by atoms with Crippen LogP contribution in [-0.4, -0.2) is 11.6 Å². The molecule has 5 heteroatoms. The van der Waals surface area contributed by atoms with Crippen LogP contribution in [0.3, 0.4) is 0 Å². The van der Waals surface area contributed by atoms with Gasteiger partial charge in [0.25, 0.3) is 0 Å². The number of rotatable bonds is 3. The van der Waals surface area contributed by atoms with Crippen LogP contribution in [0.5, 0.6) is 5.75 Å². The zero-order chi connectivity index (χ0) is 17.4. The molecule has 0 saturated heterocycles. The maximum Gasteiger partial charge on any atom is 0.336 e. The summed E-state index contributed by atoms with van der Waals surface area (Å²) < 4.78 is 25.2. The third kappa shape index (κ3) is 2.91. The van der Waals surface area contributed by atoms with E-state index in [1.165, 1.54) is 12.1 Å². The summed E-state index contributed by atoms with van der Waals surface area (Å²) in [7, 11) is 0. The molecule has 1 aliphatic rings. The zero-order valence-corrected chi connectivity index (χ0v) is 13.9. The fourth-order valence-corrected chi connectivity index (χ4v) is 3.31. The zero-order valence-electron chi connectivity index (χ0n) is 13.9. The largest absolute Gasteiger partial charge is 0.478 e. The normalized spacial score (nSPS) is 14.3. The van der Waals surface area contributed by atoms with Crippen LogP contribution in [0.4, 0.5) is 4.39 Å². The summed E-state index contributed by atoms with van der Waals surface area (Å²) in [6, 6.07) is 12.1. The highest BCUT2D eigenvalue weighted by atomic mass is 19.1. The molecule has 0 radical (unpaired) electrons. The summed E-state index contributed by atoms with van der Waals surface area (Å²) in [5.41, 5.74) is 2.63. The van der Waals surface area contributed by atoms with E-state index in [1.807, 2.05) is 30.0 Å². The molecule has 4 rings (SSSR count). The van der Waals surface area contributed by atoms with Crippen LogP contribution in [0.2, 0.25) is 0 Å². The highest BCUT2D eigenvalue weighted by Gasteiger charge is 2.23. The fourth-order valence-electron chi connectivity index (χ4n) is 3.31.